The summed E-state index contributed by atoms with van der Waals surface area (Å²) in [4.78, 5) is 24.0. The van der Waals surface area contributed by atoms with Crippen molar-refractivity contribution in [1.82, 2.24) is 16.2 Å². The molecule has 1 aliphatic rings. The van der Waals surface area contributed by atoms with Crippen LogP contribution in [-0.2, 0) is 9.53 Å². The predicted octanol–water partition coefficient (Wildman–Crippen LogP) is 1.14. The van der Waals surface area contributed by atoms with E-state index < -0.39 is 0 Å². The molecule has 0 spiro atoms. The Morgan fingerprint density at radius 1 is 1.23 bits per heavy atom. The van der Waals surface area contributed by atoms with Gasteiger partial charge in [0.2, 0.25) is 5.91 Å². The SMILES string of the molecule is COc1ccc(C(=O)NN/C(C)=C/C(=O)NC[C@@H]2CCCO2)cc1OC. The Kier molecular flexibility index (Phi) is 7.28. The van der Waals surface area contributed by atoms with Crippen molar-refractivity contribution in [3.05, 3.63) is 35.5 Å². The van der Waals surface area contributed by atoms with Crippen molar-refractivity contribution in [1.29, 1.82) is 0 Å². The lowest BCUT2D eigenvalue weighted by Crippen LogP contribution is -2.37. The van der Waals surface area contributed by atoms with Gasteiger partial charge < -0.3 is 25.0 Å². The molecule has 0 radical (unpaired) electrons. The fourth-order valence-corrected chi connectivity index (χ4v) is 2.51. The summed E-state index contributed by atoms with van der Waals surface area (Å²) in [6, 6.07) is 4.84. The molecular weight excluding hydrogens is 338 g/mol. The number of allylic oxidation sites excluding steroid dienone is 1. The molecule has 1 fully saturated rings. The van der Waals surface area contributed by atoms with E-state index in [1.165, 1.54) is 20.3 Å². The monoisotopic (exact) mass is 363 g/mol. The summed E-state index contributed by atoms with van der Waals surface area (Å²) in [7, 11) is 3.02. The number of nitrogens with one attached hydrogen (secondary N) is 3. The van der Waals surface area contributed by atoms with Crippen molar-refractivity contribution in [2.75, 3.05) is 27.4 Å². The molecule has 3 N–H and O–H groups in total. The number of hydrogen-bond acceptors (Lipinski definition) is 6. The van der Waals surface area contributed by atoms with Gasteiger partial charge in [-0.1, -0.05) is 0 Å². The highest BCUT2D eigenvalue weighted by Gasteiger charge is 2.15. The Morgan fingerprint density at radius 3 is 2.65 bits per heavy atom. The molecule has 2 amide bonds. The van der Waals surface area contributed by atoms with Gasteiger partial charge in [-0.3, -0.25) is 15.0 Å². The summed E-state index contributed by atoms with van der Waals surface area (Å²) in [5, 5.41) is 2.78. The topological polar surface area (TPSA) is 97.9 Å². The third kappa shape index (κ3) is 5.66. The highest BCUT2D eigenvalue weighted by Crippen LogP contribution is 2.27. The zero-order valence-electron chi connectivity index (χ0n) is 15.3. The first-order valence-corrected chi connectivity index (χ1v) is 8.39. The molecule has 0 saturated carbocycles. The number of carbonyl (C=O) groups is 2. The molecule has 2 rings (SSSR count). The van der Waals surface area contributed by atoms with Crippen molar-refractivity contribution in [3.63, 3.8) is 0 Å². The van der Waals surface area contributed by atoms with Crippen LogP contribution in [0, 0.1) is 0 Å². The number of rotatable bonds is 8. The molecule has 1 heterocycles. The molecule has 26 heavy (non-hydrogen) atoms. The van der Waals surface area contributed by atoms with E-state index in [0.29, 0.717) is 29.3 Å². The summed E-state index contributed by atoms with van der Waals surface area (Å²) in [5.74, 6) is 0.390. The van der Waals surface area contributed by atoms with E-state index in [2.05, 4.69) is 16.2 Å². The summed E-state index contributed by atoms with van der Waals surface area (Å²) in [6.45, 7) is 2.92. The molecule has 1 aromatic carbocycles. The van der Waals surface area contributed by atoms with Crippen molar-refractivity contribution in [2.45, 2.75) is 25.9 Å². The maximum absolute atomic E-state index is 12.2. The minimum Gasteiger partial charge on any atom is -0.493 e. The quantitative estimate of drug-likeness (QED) is 0.473. The zero-order valence-corrected chi connectivity index (χ0v) is 15.3. The number of benzene rings is 1. The number of hydrazine groups is 1. The van der Waals surface area contributed by atoms with Crippen LogP contribution in [0.5, 0.6) is 11.5 Å². The van der Waals surface area contributed by atoms with Gasteiger partial charge in [-0.15, -0.1) is 0 Å². The van der Waals surface area contributed by atoms with E-state index in [4.69, 9.17) is 14.2 Å². The molecule has 8 nitrogen and oxygen atoms in total. The molecule has 0 aromatic heterocycles. The Labute approximate surface area is 152 Å². The van der Waals surface area contributed by atoms with Gasteiger partial charge in [-0.2, -0.15) is 0 Å². The smallest absolute Gasteiger partial charge is 0.269 e. The Balaban J connectivity index is 1.82. The minimum absolute atomic E-state index is 0.0883. The van der Waals surface area contributed by atoms with Gasteiger partial charge in [0.05, 0.1) is 20.3 Å². The average molecular weight is 363 g/mol. The van der Waals surface area contributed by atoms with Gasteiger partial charge in [0.1, 0.15) is 0 Å². The van der Waals surface area contributed by atoms with E-state index in [-0.39, 0.29) is 17.9 Å². The lowest BCUT2D eigenvalue weighted by atomic mass is 10.2. The van der Waals surface area contributed by atoms with Crippen molar-refractivity contribution in [3.8, 4) is 11.5 Å². The Hall–Kier alpha value is -2.74. The molecule has 142 valence electrons. The second-order valence-corrected chi connectivity index (χ2v) is 5.86. The molecule has 8 heteroatoms. The minimum atomic E-state index is -0.363. The molecule has 1 atom stereocenters. The third-order valence-corrected chi connectivity index (χ3v) is 3.89. The lowest BCUT2D eigenvalue weighted by molar-refractivity contribution is -0.117. The Morgan fingerprint density at radius 2 is 2.00 bits per heavy atom. The first kappa shape index (κ1) is 19.6. The summed E-state index contributed by atoms with van der Waals surface area (Å²) in [5.41, 5.74) is 6.13. The van der Waals surface area contributed by atoms with Gasteiger partial charge in [-0.25, -0.2) is 0 Å². The van der Waals surface area contributed by atoms with Crippen molar-refractivity contribution < 1.29 is 23.8 Å². The molecule has 0 aliphatic carbocycles. The predicted molar refractivity (Wildman–Crippen MR) is 95.9 cm³/mol. The van der Waals surface area contributed by atoms with E-state index in [1.807, 2.05) is 0 Å². The Bertz CT molecular complexity index is 669. The van der Waals surface area contributed by atoms with E-state index in [9.17, 15) is 9.59 Å². The molecule has 1 saturated heterocycles. The summed E-state index contributed by atoms with van der Waals surface area (Å²) >= 11 is 0. The van der Waals surface area contributed by atoms with Crippen LogP contribution in [0.25, 0.3) is 0 Å². The van der Waals surface area contributed by atoms with Crippen molar-refractivity contribution in [2.24, 2.45) is 0 Å². The molecule has 0 bridgehead atoms. The van der Waals surface area contributed by atoms with Gasteiger partial charge in [0.15, 0.2) is 11.5 Å². The largest absolute Gasteiger partial charge is 0.493 e. The molecule has 1 aromatic rings. The number of carbonyl (C=O) groups excluding carboxylic acids is 2. The van der Waals surface area contributed by atoms with Crippen LogP contribution < -0.4 is 25.6 Å². The third-order valence-electron chi connectivity index (χ3n) is 3.89. The molecule has 1 aliphatic heterocycles. The summed E-state index contributed by atoms with van der Waals surface area (Å²) in [6.07, 6.45) is 3.45. The van der Waals surface area contributed by atoms with Crippen LogP contribution in [-0.4, -0.2) is 45.3 Å². The maximum atomic E-state index is 12.2. The maximum Gasteiger partial charge on any atom is 0.269 e. The number of ether oxygens (including phenoxy) is 3. The van der Waals surface area contributed by atoms with Gasteiger partial charge in [0, 0.05) is 30.5 Å². The highest BCUT2D eigenvalue weighted by molar-refractivity contribution is 5.94. The normalized spacial score (nSPS) is 16.7. The number of amides is 2. The summed E-state index contributed by atoms with van der Waals surface area (Å²) < 4.78 is 15.8. The first-order valence-electron chi connectivity index (χ1n) is 8.39. The van der Waals surface area contributed by atoms with Crippen LogP contribution in [0.1, 0.15) is 30.1 Å². The fourth-order valence-electron chi connectivity index (χ4n) is 2.51. The fraction of sp³-hybridized carbons (Fsp3) is 0.444. The second-order valence-electron chi connectivity index (χ2n) is 5.86. The van der Waals surface area contributed by atoms with E-state index in [1.54, 1.807) is 25.1 Å². The van der Waals surface area contributed by atoms with Crippen LogP contribution in [0.4, 0.5) is 0 Å². The van der Waals surface area contributed by atoms with Crippen LogP contribution in [0.3, 0.4) is 0 Å². The van der Waals surface area contributed by atoms with E-state index >= 15 is 0 Å². The number of methoxy groups -OCH3 is 2. The zero-order chi connectivity index (χ0) is 18.9. The average Bonchev–Trinajstić information content (AvgIpc) is 3.17. The van der Waals surface area contributed by atoms with Crippen LogP contribution in [0.2, 0.25) is 0 Å². The standard InChI is InChI=1S/C18H25N3O5/c1-12(9-17(22)19-11-14-5-4-8-26-14)20-21-18(23)13-6-7-15(24-2)16(10-13)25-3/h6-7,9-10,14,20H,4-5,8,11H2,1-3H3,(H,19,22)(H,21,23)/b12-9+/t14-/m0/s1. The van der Waals surface area contributed by atoms with Gasteiger partial charge in [-0.05, 0) is 38.0 Å². The first-order chi connectivity index (χ1) is 12.5. The van der Waals surface area contributed by atoms with Crippen LogP contribution >= 0.6 is 0 Å². The van der Waals surface area contributed by atoms with Gasteiger partial charge >= 0.3 is 0 Å². The lowest BCUT2D eigenvalue weighted by Gasteiger charge is -2.12. The molecular formula is C18H25N3O5. The molecule has 0 unspecified atom stereocenters. The van der Waals surface area contributed by atoms with Crippen LogP contribution in [0.15, 0.2) is 30.0 Å². The second kappa shape index (κ2) is 9.67. The van der Waals surface area contributed by atoms with Gasteiger partial charge in [0.25, 0.3) is 5.91 Å². The number of hydrogen-bond donors (Lipinski definition) is 3. The van der Waals surface area contributed by atoms with Crippen molar-refractivity contribution >= 4 is 11.8 Å². The van der Waals surface area contributed by atoms with E-state index in [0.717, 1.165) is 19.4 Å². The highest BCUT2D eigenvalue weighted by atomic mass is 16.5.